The summed E-state index contributed by atoms with van der Waals surface area (Å²) in [5, 5.41) is 1.39. The van der Waals surface area contributed by atoms with E-state index in [1.54, 1.807) is 0 Å². The molecule has 3 aliphatic rings. The Hall–Kier alpha value is -1.33. The van der Waals surface area contributed by atoms with E-state index in [9.17, 15) is 4.79 Å². The Labute approximate surface area is 163 Å². The van der Waals surface area contributed by atoms with Crippen LogP contribution in [0.5, 0.6) is 0 Å². The molecule has 2 saturated heterocycles. The Kier molecular flexibility index (Phi) is 4.13. The average Bonchev–Trinajstić information content (AvgIpc) is 2.99. The van der Waals surface area contributed by atoms with Crippen molar-refractivity contribution < 1.29 is 4.79 Å². The Balaban J connectivity index is 1.49. The van der Waals surface area contributed by atoms with E-state index in [0.29, 0.717) is 17.9 Å². The van der Waals surface area contributed by atoms with Crippen LogP contribution in [-0.4, -0.2) is 53.4 Å². The number of hydrogen-bond donors (Lipinski definition) is 1. The van der Waals surface area contributed by atoms with E-state index in [0.717, 1.165) is 37.1 Å². The van der Waals surface area contributed by atoms with Gasteiger partial charge in [0.15, 0.2) is 0 Å². The molecule has 1 aromatic heterocycles. The number of aromatic nitrogens is 1. The van der Waals surface area contributed by atoms with Crippen molar-refractivity contribution in [3.05, 3.63) is 33.9 Å². The first-order chi connectivity index (χ1) is 12.6. The fraction of sp³-hybridized carbons (Fsp3) is 0.571. The van der Waals surface area contributed by atoms with E-state index in [2.05, 4.69) is 56.0 Å². The fourth-order valence-corrected chi connectivity index (χ4v) is 6.11. The molecule has 2 fully saturated rings. The number of fused-ring (bicyclic) bond motifs is 2. The monoisotopic (exact) mass is 415 g/mol. The summed E-state index contributed by atoms with van der Waals surface area (Å²) in [6, 6.07) is 7.09. The molecular formula is C21H26BrN3O. The van der Waals surface area contributed by atoms with Gasteiger partial charge in [0.25, 0.3) is 0 Å². The number of hydrogen-bond acceptors (Lipinski definition) is 2. The lowest BCUT2D eigenvalue weighted by Crippen LogP contribution is -2.52. The highest BCUT2D eigenvalue weighted by molar-refractivity contribution is 9.10. The predicted molar refractivity (Wildman–Crippen MR) is 107 cm³/mol. The summed E-state index contributed by atoms with van der Waals surface area (Å²) in [5.41, 5.74) is 4.05. The summed E-state index contributed by atoms with van der Waals surface area (Å²) in [4.78, 5) is 21.2. The fourth-order valence-electron chi connectivity index (χ4n) is 5.54. The van der Waals surface area contributed by atoms with Crippen LogP contribution in [0, 0.1) is 5.92 Å². The molecule has 3 atom stereocenters. The summed E-state index contributed by atoms with van der Waals surface area (Å²) >= 11 is 3.73. The van der Waals surface area contributed by atoms with Crippen molar-refractivity contribution in [3.63, 3.8) is 0 Å². The average molecular weight is 416 g/mol. The normalized spacial score (nSPS) is 29.0. The molecule has 0 radical (unpaired) electrons. The highest BCUT2D eigenvalue weighted by Gasteiger charge is 2.42. The van der Waals surface area contributed by atoms with E-state index >= 15 is 0 Å². The highest BCUT2D eigenvalue weighted by atomic mass is 79.9. The number of nitrogens with zero attached hydrogens (tertiary/aromatic N) is 2. The van der Waals surface area contributed by atoms with Crippen LogP contribution < -0.4 is 0 Å². The van der Waals surface area contributed by atoms with E-state index in [4.69, 9.17) is 0 Å². The zero-order chi connectivity index (χ0) is 17.8. The number of nitrogens with one attached hydrogen (secondary N) is 1. The number of aromatic amines is 1. The number of carbonyl (C=O) groups excluding carboxylic acids is 1. The standard InChI is InChI=1S/C21H26BrN3O/c1-24-12-13(21(26)25-8-3-2-4-9-25)10-15-14-6-5-7-17-19(14)16(11-18(15)24)20(22)23-17/h5-7,13,15,18,23H,2-4,8-12H2,1H3/t13-,15-,18-/m1/s1. The van der Waals surface area contributed by atoms with Crippen LogP contribution in [0.3, 0.4) is 0 Å². The van der Waals surface area contributed by atoms with Gasteiger partial charge in [-0.25, -0.2) is 0 Å². The summed E-state index contributed by atoms with van der Waals surface area (Å²) in [7, 11) is 2.21. The minimum Gasteiger partial charge on any atom is -0.349 e. The van der Waals surface area contributed by atoms with Gasteiger partial charge < -0.3 is 14.8 Å². The molecule has 26 heavy (non-hydrogen) atoms. The van der Waals surface area contributed by atoms with Gasteiger partial charge in [-0.05, 0) is 72.3 Å². The molecule has 0 saturated carbocycles. The maximum absolute atomic E-state index is 13.2. The second-order valence-electron chi connectivity index (χ2n) is 8.32. The van der Waals surface area contributed by atoms with Crippen LogP contribution in [0.2, 0.25) is 0 Å². The lowest BCUT2D eigenvalue weighted by atomic mass is 9.72. The number of likely N-dealkylation sites (N-methyl/N-ethyl adjacent to an activating group) is 1. The van der Waals surface area contributed by atoms with Gasteiger partial charge in [0.2, 0.25) is 5.91 Å². The van der Waals surface area contributed by atoms with Gasteiger partial charge in [-0.15, -0.1) is 0 Å². The molecule has 1 aliphatic carbocycles. The molecule has 4 nitrogen and oxygen atoms in total. The largest absolute Gasteiger partial charge is 0.349 e. The second kappa shape index (κ2) is 6.38. The maximum Gasteiger partial charge on any atom is 0.226 e. The Bertz CT molecular complexity index is 854. The molecule has 138 valence electrons. The summed E-state index contributed by atoms with van der Waals surface area (Å²) in [6.45, 7) is 2.80. The molecular weight excluding hydrogens is 390 g/mol. The maximum atomic E-state index is 13.2. The van der Waals surface area contributed by atoms with E-state index < -0.39 is 0 Å². The smallest absolute Gasteiger partial charge is 0.226 e. The molecule has 1 N–H and O–H groups in total. The van der Waals surface area contributed by atoms with E-state index in [1.807, 2.05) is 0 Å². The third-order valence-electron chi connectivity index (χ3n) is 6.81. The number of carbonyl (C=O) groups is 1. The molecule has 1 aromatic carbocycles. The molecule has 0 spiro atoms. The van der Waals surface area contributed by atoms with Crippen molar-refractivity contribution in [2.24, 2.45) is 5.92 Å². The van der Waals surface area contributed by atoms with Gasteiger partial charge in [0.05, 0.1) is 10.5 Å². The molecule has 5 rings (SSSR count). The third kappa shape index (κ3) is 2.55. The van der Waals surface area contributed by atoms with Crippen LogP contribution in [0.25, 0.3) is 10.9 Å². The van der Waals surface area contributed by atoms with Crippen molar-refractivity contribution in [2.75, 3.05) is 26.7 Å². The van der Waals surface area contributed by atoms with Crippen LogP contribution in [0.15, 0.2) is 22.8 Å². The lowest BCUT2D eigenvalue weighted by Gasteiger charge is -2.46. The number of rotatable bonds is 1. The Morgan fingerprint density at radius 3 is 2.85 bits per heavy atom. The van der Waals surface area contributed by atoms with Crippen molar-refractivity contribution in [1.29, 1.82) is 0 Å². The molecule has 3 heterocycles. The van der Waals surface area contributed by atoms with Gasteiger partial charge >= 0.3 is 0 Å². The van der Waals surface area contributed by atoms with Gasteiger partial charge in [-0.1, -0.05) is 12.1 Å². The van der Waals surface area contributed by atoms with Crippen molar-refractivity contribution in [1.82, 2.24) is 14.8 Å². The van der Waals surface area contributed by atoms with Crippen LogP contribution >= 0.6 is 15.9 Å². The van der Waals surface area contributed by atoms with Crippen LogP contribution in [0.1, 0.15) is 42.7 Å². The number of benzene rings is 1. The SMILES string of the molecule is CN1C[C@H](C(=O)N2CCCCC2)C[C@@H]2c3cccc4[nH]c(Br)c(c34)C[C@H]21. The zero-order valence-electron chi connectivity index (χ0n) is 15.3. The van der Waals surface area contributed by atoms with E-state index in [-0.39, 0.29) is 5.92 Å². The van der Waals surface area contributed by atoms with Crippen molar-refractivity contribution in [3.8, 4) is 0 Å². The Morgan fingerprint density at radius 1 is 1.23 bits per heavy atom. The zero-order valence-corrected chi connectivity index (χ0v) is 16.9. The molecule has 5 heteroatoms. The first kappa shape index (κ1) is 16.8. The first-order valence-electron chi connectivity index (χ1n) is 9.91. The number of amides is 1. The van der Waals surface area contributed by atoms with Gasteiger partial charge in [0.1, 0.15) is 0 Å². The molecule has 1 amide bonds. The molecule has 0 bridgehead atoms. The summed E-state index contributed by atoms with van der Waals surface area (Å²) in [5.74, 6) is 0.980. The number of piperidine rings is 2. The lowest BCUT2D eigenvalue weighted by molar-refractivity contribution is -0.139. The Morgan fingerprint density at radius 2 is 2.04 bits per heavy atom. The predicted octanol–water partition coefficient (Wildman–Crippen LogP) is 3.90. The van der Waals surface area contributed by atoms with E-state index in [1.165, 1.54) is 41.3 Å². The third-order valence-corrected chi connectivity index (χ3v) is 7.49. The van der Waals surface area contributed by atoms with Crippen LogP contribution in [-0.2, 0) is 11.2 Å². The summed E-state index contributed by atoms with van der Waals surface area (Å²) < 4.78 is 1.12. The first-order valence-corrected chi connectivity index (χ1v) is 10.7. The highest BCUT2D eigenvalue weighted by Crippen LogP contribution is 2.46. The van der Waals surface area contributed by atoms with Gasteiger partial charge in [0, 0.05) is 42.5 Å². The minimum absolute atomic E-state index is 0.138. The topological polar surface area (TPSA) is 39.3 Å². The summed E-state index contributed by atoms with van der Waals surface area (Å²) in [6.07, 6.45) is 5.65. The molecule has 0 unspecified atom stereocenters. The quantitative estimate of drug-likeness (QED) is 0.766. The van der Waals surface area contributed by atoms with Gasteiger partial charge in [-0.2, -0.15) is 0 Å². The second-order valence-corrected chi connectivity index (χ2v) is 9.12. The molecule has 2 aliphatic heterocycles. The van der Waals surface area contributed by atoms with Gasteiger partial charge in [-0.3, -0.25) is 4.79 Å². The van der Waals surface area contributed by atoms with Crippen LogP contribution in [0.4, 0.5) is 0 Å². The molecule has 2 aromatic rings. The number of halogens is 1. The number of H-pyrrole nitrogens is 1. The van der Waals surface area contributed by atoms with Crippen molar-refractivity contribution >= 4 is 32.7 Å². The minimum atomic E-state index is 0.138. The number of likely N-dealkylation sites (tertiary alicyclic amines) is 2. The van der Waals surface area contributed by atoms with Crippen molar-refractivity contribution in [2.45, 2.75) is 44.1 Å².